The zero-order valence-electron chi connectivity index (χ0n) is 11.9. The molecule has 0 amide bonds. The third kappa shape index (κ3) is 2.76. The number of aliphatic hydroxyl groups excluding tert-OH is 1. The molecule has 0 radical (unpaired) electrons. The van der Waals surface area contributed by atoms with Crippen molar-refractivity contribution in [3.05, 3.63) is 89.5 Å². The summed E-state index contributed by atoms with van der Waals surface area (Å²) < 4.78 is 1.87. The van der Waals surface area contributed by atoms with Crippen LogP contribution in [0.15, 0.2) is 67.0 Å². The minimum Gasteiger partial charge on any atom is -0.380 e. The molecule has 3 aromatic rings. The van der Waals surface area contributed by atoms with Crippen molar-refractivity contribution in [3.63, 3.8) is 0 Å². The van der Waals surface area contributed by atoms with Gasteiger partial charge >= 0.3 is 0 Å². The highest BCUT2D eigenvalue weighted by atomic mass is 16.3. The van der Waals surface area contributed by atoms with E-state index < -0.39 is 6.10 Å². The van der Waals surface area contributed by atoms with Gasteiger partial charge < -0.3 is 9.67 Å². The minimum atomic E-state index is -0.787. The van der Waals surface area contributed by atoms with E-state index >= 15 is 0 Å². The summed E-state index contributed by atoms with van der Waals surface area (Å²) in [5.74, 6) is 0.568. The quantitative estimate of drug-likeness (QED) is 0.803. The van der Waals surface area contributed by atoms with Crippen molar-refractivity contribution in [1.82, 2.24) is 9.55 Å². The molecular weight excluding hydrogens is 274 g/mol. The summed E-state index contributed by atoms with van der Waals surface area (Å²) in [4.78, 5) is 4.27. The molecule has 4 nitrogen and oxygen atoms in total. The fraction of sp³-hybridized carbons (Fsp3) is 0.111. The third-order valence-electron chi connectivity index (χ3n) is 3.59. The molecule has 108 valence electrons. The number of aromatic nitrogens is 2. The molecule has 0 aliphatic heterocycles. The Morgan fingerprint density at radius 1 is 1.09 bits per heavy atom. The Kier molecular flexibility index (Phi) is 3.99. The van der Waals surface area contributed by atoms with Crippen LogP contribution in [-0.2, 0) is 6.54 Å². The van der Waals surface area contributed by atoms with Crippen LogP contribution in [0.3, 0.4) is 0 Å². The molecule has 3 rings (SSSR count). The summed E-state index contributed by atoms with van der Waals surface area (Å²) in [5, 5.41) is 19.7. The summed E-state index contributed by atoms with van der Waals surface area (Å²) in [6.07, 6.45) is 2.69. The van der Waals surface area contributed by atoms with Crippen molar-refractivity contribution in [3.8, 4) is 6.07 Å². The Bertz CT molecular complexity index is 802. The highest BCUT2D eigenvalue weighted by Crippen LogP contribution is 2.21. The molecule has 4 heteroatoms. The number of rotatable bonds is 4. The van der Waals surface area contributed by atoms with Crippen molar-refractivity contribution < 1.29 is 5.11 Å². The summed E-state index contributed by atoms with van der Waals surface area (Å²) >= 11 is 0. The van der Waals surface area contributed by atoms with E-state index in [0.29, 0.717) is 17.9 Å². The Morgan fingerprint density at radius 2 is 1.82 bits per heavy atom. The van der Waals surface area contributed by atoms with Gasteiger partial charge in [0.2, 0.25) is 0 Å². The van der Waals surface area contributed by atoms with Gasteiger partial charge in [-0.3, -0.25) is 0 Å². The molecule has 1 heterocycles. The smallest absolute Gasteiger partial charge is 0.142 e. The number of nitrogens with zero attached hydrogens (tertiary/aromatic N) is 3. The molecular formula is C18H15N3O. The van der Waals surface area contributed by atoms with Crippen molar-refractivity contribution in [2.24, 2.45) is 0 Å². The Balaban J connectivity index is 1.91. The average Bonchev–Trinajstić information content (AvgIpc) is 3.03. The Labute approximate surface area is 128 Å². The molecule has 1 aromatic heterocycles. The first-order chi connectivity index (χ1) is 10.8. The highest BCUT2D eigenvalue weighted by Gasteiger charge is 2.16. The lowest BCUT2D eigenvalue weighted by Gasteiger charge is -2.14. The largest absolute Gasteiger partial charge is 0.380 e. The molecule has 0 fully saturated rings. The van der Waals surface area contributed by atoms with E-state index in [-0.39, 0.29) is 0 Å². The fourth-order valence-electron chi connectivity index (χ4n) is 2.44. The van der Waals surface area contributed by atoms with Gasteiger partial charge in [-0.15, -0.1) is 0 Å². The van der Waals surface area contributed by atoms with Gasteiger partial charge in [-0.25, -0.2) is 4.98 Å². The molecule has 0 bridgehead atoms. The summed E-state index contributed by atoms with van der Waals surface area (Å²) in [6, 6.07) is 19.1. The van der Waals surface area contributed by atoms with E-state index in [1.54, 1.807) is 12.3 Å². The molecule has 0 saturated carbocycles. The predicted molar refractivity (Wildman–Crippen MR) is 83.0 cm³/mol. The van der Waals surface area contributed by atoms with Gasteiger partial charge in [0.05, 0.1) is 18.2 Å². The normalized spacial score (nSPS) is 11.8. The molecule has 0 aliphatic carbocycles. The van der Waals surface area contributed by atoms with E-state index in [1.165, 1.54) is 0 Å². The van der Waals surface area contributed by atoms with Crippen LogP contribution in [0.1, 0.15) is 28.6 Å². The second kappa shape index (κ2) is 6.25. The lowest BCUT2D eigenvalue weighted by atomic mass is 10.1. The van der Waals surface area contributed by atoms with Crippen LogP contribution in [0.5, 0.6) is 0 Å². The first-order valence-electron chi connectivity index (χ1n) is 7.01. The summed E-state index contributed by atoms with van der Waals surface area (Å²) in [7, 11) is 0. The summed E-state index contributed by atoms with van der Waals surface area (Å²) in [6.45, 7) is 0.503. The highest BCUT2D eigenvalue weighted by molar-refractivity contribution is 5.37. The topological polar surface area (TPSA) is 61.8 Å². The first kappa shape index (κ1) is 14.1. The van der Waals surface area contributed by atoms with E-state index in [1.807, 2.05) is 59.3 Å². The van der Waals surface area contributed by atoms with Crippen molar-refractivity contribution in [2.45, 2.75) is 12.6 Å². The van der Waals surface area contributed by atoms with Crippen LogP contribution in [0, 0.1) is 11.3 Å². The van der Waals surface area contributed by atoms with E-state index in [2.05, 4.69) is 11.1 Å². The van der Waals surface area contributed by atoms with Crippen molar-refractivity contribution in [1.29, 1.82) is 5.26 Å². The fourth-order valence-corrected chi connectivity index (χ4v) is 2.44. The number of benzene rings is 2. The predicted octanol–water partition coefficient (Wildman–Crippen LogP) is 2.88. The van der Waals surface area contributed by atoms with Crippen molar-refractivity contribution >= 4 is 0 Å². The van der Waals surface area contributed by atoms with Gasteiger partial charge in [-0.05, 0) is 17.2 Å². The Hall–Kier alpha value is -2.90. The molecule has 0 saturated heterocycles. The number of hydrogen-bond donors (Lipinski definition) is 1. The monoisotopic (exact) mass is 289 g/mol. The number of hydrogen-bond acceptors (Lipinski definition) is 3. The molecule has 0 spiro atoms. The average molecular weight is 289 g/mol. The lowest BCUT2D eigenvalue weighted by molar-refractivity contribution is 0.205. The van der Waals surface area contributed by atoms with Gasteiger partial charge in [0, 0.05) is 12.4 Å². The van der Waals surface area contributed by atoms with Crippen LogP contribution in [0.2, 0.25) is 0 Å². The van der Waals surface area contributed by atoms with Crippen LogP contribution in [0.25, 0.3) is 0 Å². The van der Waals surface area contributed by atoms with Gasteiger partial charge in [0.25, 0.3) is 0 Å². The first-order valence-corrected chi connectivity index (χ1v) is 7.01. The SMILES string of the molecule is N#Cc1ccccc1Cn1ccnc1C(O)c1ccccc1. The van der Waals surface area contributed by atoms with Crippen LogP contribution in [0.4, 0.5) is 0 Å². The molecule has 1 N–H and O–H groups in total. The van der Waals surface area contributed by atoms with Crippen LogP contribution in [-0.4, -0.2) is 14.7 Å². The Morgan fingerprint density at radius 3 is 2.59 bits per heavy atom. The van der Waals surface area contributed by atoms with Gasteiger partial charge in [0.15, 0.2) is 0 Å². The van der Waals surface area contributed by atoms with E-state index in [4.69, 9.17) is 0 Å². The van der Waals surface area contributed by atoms with E-state index in [0.717, 1.165) is 11.1 Å². The zero-order chi connectivity index (χ0) is 15.4. The van der Waals surface area contributed by atoms with E-state index in [9.17, 15) is 10.4 Å². The maximum Gasteiger partial charge on any atom is 0.142 e. The number of imidazole rings is 1. The maximum absolute atomic E-state index is 10.5. The van der Waals surface area contributed by atoms with Gasteiger partial charge in [0.1, 0.15) is 11.9 Å². The summed E-state index contributed by atoms with van der Waals surface area (Å²) in [5.41, 5.74) is 2.34. The second-order valence-electron chi connectivity index (χ2n) is 5.00. The maximum atomic E-state index is 10.5. The second-order valence-corrected chi connectivity index (χ2v) is 5.00. The molecule has 1 unspecified atom stereocenters. The number of aliphatic hydroxyl groups is 1. The third-order valence-corrected chi connectivity index (χ3v) is 3.59. The zero-order valence-corrected chi connectivity index (χ0v) is 11.9. The van der Waals surface area contributed by atoms with Gasteiger partial charge in [-0.1, -0.05) is 48.5 Å². The van der Waals surface area contributed by atoms with Gasteiger partial charge in [-0.2, -0.15) is 5.26 Å². The van der Waals surface area contributed by atoms with Crippen molar-refractivity contribution in [2.75, 3.05) is 0 Å². The standard InChI is InChI=1S/C18H15N3O/c19-12-15-8-4-5-9-16(15)13-21-11-10-20-18(21)17(22)14-6-2-1-3-7-14/h1-11,17,22H,13H2. The molecule has 2 aromatic carbocycles. The molecule has 22 heavy (non-hydrogen) atoms. The van der Waals surface area contributed by atoms with Crippen LogP contribution < -0.4 is 0 Å². The molecule has 0 aliphatic rings. The lowest BCUT2D eigenvalue weighted by Crippen LogP contribution is -2.11. The number of nitriles is 1. The van der Waals surface area contributed by atoms with Crippen LogP contribution >= 0.6 is 0 Å². The molecule has 1 atom stereocenters. The minimum absolute atomic E-state index is 0.503.